The van der Waals surface area contributed by atoms with Gasteiger partial charge in [-0.1, -0.05) is 24.3 Å². The Morgan fingerprint density at radius 2 is 1.84 bits per heavy atom. The number of nitrogens with zero attached hydrogens (tertiary/aromatic N) is 2. The summed E-state index contributed by atoms with van der Waals surface area (Å²) in [5, 5.41) is 6.52. The fraction of sp³-hybridized carbons (Fsp3) is 0.400. The maximum absolute atomic E-state index is 12.4. The van der Waals surface area contributed by atoms with E-state index in [4.69, 9.17) is 4.74 Å². The molecule has 3 rings (SSSR count). The highest BCUT2D eigenvalue weighted by Gasteiger charge is 2.17. The Morgan fingerprint density at radius 3 is 2.56 bits per heavy atom. The Bertz CT molecular complexity index is 791. The van der Waals surface area contributed by atoms with Crippen molar-refractivity contribution < 1.29 is 9.53 Å². The van der Waals surface area contributed by atoms with E-state index in [0.29, 0.717) is 0 Å². The highest BCUT2D eigenvalue weighted by Crippen LogP contribution is 2.25. The van der Waals surface area contributed by atoms with E-state index in [9.17, 15) is 4.79 Å². The summed E-state index contributed by atoms with van der Waals surface area (Å²) in [4.78, 5) is 14.7. The molecular formula is C20H25N3O2. The van der Waals surface area contributed by atoms with Crippen LogP contribution in [0.25, 0.3) is 10.8 Å². The molecule has 0 aromatic heterocycles. The van der Waals surface area contributed by atoms with Crippen LogP contribution in [0.5, 0.6) is 5.75 Å². The lowest BCUT2D eigenvalue weighted by Gasteiger charge is -2.23. The average Bonchev–Trinajstić information content (AvgIpc) is 2.65. The summed E-state index contributed by atoms with van der Waals surface area (Å²) in [7, 11) is 3.76. The van der Waals surface area contributed by atoms with Crippen LogP contribution in [0.1, 0.15) is 31.2 Å². The second kappa shape index (κ2) is 7.66. The van der Waals surface area contributed by atoms with Crippen molar-refractivity contribution in [3.05, 3.63) is 42.0 Å². The number of fused-ring (bicyclic) bond motifs is 1. The Morgan fingerprint density at radius 1 is 1.16 bits per heavy atom. The number of carbonyl (C=O) groups excluding carboxylic acids is 1. The molecule has 5 nitrogen and oxygen atoms in total. The minimum atomic E-state index is -0.248. The number of nitrogens with one attached hydrogen (secondary N) is 1. The topological polar surface area (TPSA) is 53.9 Å². The summed E-state index contributed by atoms with van der Waals surface area (Å²) in [5.74, 6) is 0.515. The third kappa shape index (κ3) is 4.17. The number of benzene rings is 2. The van der Waals surface area contributed by atoms with Gasteiger partial charge in [-0.3, -0.25) is 4.79 Å². The number of piperidine rings is 1. The SMILES string of the molecule is COc1ccc2cc(C(C)C(=O)NN=C3CCN(C)CC3)ccc2c1. The van der Waals surface area contributed by atoms with E-state index < -0.39 is 0 Å². The van der Waals surface area contributed by atoms with Crippen LogP contribution in [0.3, 0.4) is 0 Å². The first-order chi connectivity index (χ1) is 12.1. The predicted octanol–water partition coefficient (Wildman–Crippen LogP) is 3.15. The highest BCUT2D eigenvalue weighted by atomic mass is 16.5. The average molecular weight is 339 g/mol. The molecule has 0 saturated carbocycles. The molecule has 2 aromatic carbocycles. The van der Waals surface area contributed by atoms with Crippen molar-refractivity contribution in [2.24, 2.45) is 5.10 Å². The molecule has 2 aromatic rings. The van der Waals surface area contributed by atoms with Crippen LogP contribution < -0.4 is 10.2 Å². The van der Waals surface area contributed by atoms with E-state index in [1.54, 1.807) is 7.11 Å². The molecule has 1 N–H and O–H groups in total. The fourth-order valence-corrected chi connectivity index (χ4v) is 3.01. The number of likely N-dealkylation sites (tertiary alicyclic amines) is 1. The lowest BCUT2D eigenvalue weighted by Crippen LogP contribution is -2.32. The Kier molecular flexibility index (Phi) is 5.34. The molecule has 1 amide bonds. The van der Waals surface area contributed by atoms with Gasteiger partial charge in [-0.05, 0) is 42.4 Å². The molecule has 0 aliphatic carbocycles. The molecule has 5 heteroatoms. The lowest BCUT2D eigenvalue weighted by molar-refractivity contribution is -0.122. The van der Waals surface area contributed by atoms with Gasteiger partial charge in [0.1, 0.15) is 5.75 Å². The van der Waals surface area contributed by atoms with Crippen molar-refractivity contribution in [2.45, 2.75) is 25.7 Å². The number of hydrogen-bond acceptors (Lipinski definition) is 4. The van der Waals surface area contributed by atoms with E-state index in [1.165, 1.54) is 0 Å². The number of hydrazone groups is 1. The summed E-state index contributed by atoms with van der Waals surface area (Å²) in [6.07, 6.45) is 1.84. The normalized spacial score (nSPS) is 16.5. The molecular weight excluding hydrogens is 314 g/mol. The quantitative estimate of drug-likeness (QED) is 0.871. The van der Waals surface area contributed by atoms with Crippen LogP contribution in [0.2, 0.25) is 0 Å². The number of hydrogen-bond donors (Lipinski definition) is 1. The van der Waals surface area contributed by atoms with Crippen molar-refractivity contribution in [1.82, 2.24) is 10.3 Å². The van der Waals surface area contributed by atoms with E-state index in [2.05, 4.69) is 28.5 Å². The van der Waals surface area contributed by atoms with Crippen molar-refractivity contribution in [2.75, 3.05) is 27.2 Å². The van der Waals surface area contributed by atoms with Gasteiger partial charge < -0.3 is 9.64 Å². The van der Waals surface area contributed by atoms with Crippen molar-refractivity contribution in [3.63, 3.8) is 0 Å². The van der Waals surface area contributed by atoms with Gasteiger partial charge in [0.25, 0.3) is 0 Å². The van der Waals surface area contributed by atoms with Gasteiger partial charge in [0, 0.05) is 31.6 Å². The standard InChI is InChI=1S/C20H25N3O2/c1-14(20(24)22-21-18-8-10-23(2)11-9-18)15-4-5-17-13-19(25-3)7-6-16(17)12-15/h4-7,12-14H,8-11H2,1-3H3,(H,22,24). The van der Waals surface area contributed by atoms with Gasteiger partial charge in [-0.15, -0.1) is 0 Å². The van der Waals surface area contributed by atoms with Crippen LogP contribution in [-0.4, -0.2) is 43.8 Å². The first kappa shape index (κ1) is 17.4. The maximum atomic E-state index is 12.4. The van der Waals surface area contributed by atoms with E-state index in [-0.39, 0.29) is 11.8 Å². The summed E-state index contributed by atoms with van der Waals surface area (Å²) in [5.41, 5.74) is 4.80. The first-order valence-corrected chi connectivity index (χ1v) is 8.68. The Hall–Kier alpha value is -2.40. The van der Waals surface area contributed by atoms with Crippen LogP contribution in [0.15, 0.2) is 41.5 Å². The predicted molar refractivity (Wildman–Crippen MR) is 101 cm³/mol. The second-order valence-electron chi connectivity index (χ2n) is 6.65. The number of rotatable bonds is 4. The summed E-state index contributed by atoms with van der Waals surface area (Å²) in [6, 6.07) is 12.0. The van der Waals surface area contributed by atoms with Crippen LogP contribution >= 0.6 is 0 Å². The molecule has 1 saturated heterocycles. The van der Waals surface area contributed by atoms with Gasteiger partial charge in [-0.25, -0.2) is 5.43 Å². The summed E-state index contributed by atoms with van der Waals surface area (Å²) in [6.45, 7) is 3.91. The molecule has 1 aliphatic heterocycles. The van der Waals surface area contributed by atoms with Crippen LogP contribution in [-0.2, 0) is 4.79 Å². The second-order valence-corrected chi connectivity index (χ2v) is 6.65. The Balaban J connectivity index is 1.69. The molecule has 0 spiro atoms. The monoisotopic (exact) mass is 339 g/mol. The van der Waals surface area contributed by atoms with E-state index in [1.807, 2.05) is 37.3 Å². The first-order valence-electron chi connectivity index (χ1n) is 8.68. The van der Waals surface area contributed by atoms with Crippen molar-refractivity contribution >= 4 is 22.4 Å². The summed E-state index contributed by atoms with van der Waals surface area (Å²) < 4.78 is 5.25. The van der Waals surface area contributed by atoms with Gasteiger partial charge in [0.05, 0.1) is 13.0 Å². The van der Waals surface area contributed by atoms with Crippen molar-refractivity contribution in [3.8, 4) is 5.75 Å². The minimum absolute atomic E-state index is 0.0701. The minimum Gasteiger partial charge on any atom is -0.497 e. The zero-order valence-electron chi connectivity index (χ0n) is 15.1. The highest BCUT2D eigenvalue weighted by molar-refractivity contribution is 5.90. The molecule has 0 radical (unpaired) electrons. The Labute approximate surface area is 148 Å². The van der Waals surface area contributed by atoms with Gasteiger partial charge in [0.15, 0.2) is 0 Å². The smallest absolute Gasteiger partial charge is 0.247 e. The maximum Gasteiger partial charge on any atom is 0.247 e. The van der Waals surface area contributed by atoms with E-state index >= 15 is 0 Å². The molecule has 1 aliphatic rings. The number of carbonyl (C=O) groups is 1. The zero-order chi connectivity index (χ0) is 17.8. The molecule has 1 fully saturated rings. The molecule has 0 bridgehead atoms. The number of methoxy groups -OCH3 is 1. The van der Waals surface area contributed by atoms with Crippen LogP contribution in [0.4, 0.5) is 0 Å². The van der Waals surface area contributed by atoms with Gasteiger partial charge in [0.2, 0.25) is 5.91 Å². The molecule has 1 unspecified atom stereocenters. The van der Waals surface area contributed by atoms with Crippen molar-refractivity contribution in [1.29, 1.82) is 0 Å². The number of amides is 1. The van der Waals surface area contributed by atoms with Crippen LogP contribution in [0, 0.1) is 0 Å². The molecule has 25 heavy (non-hydrogen) atoms. The lowest BCUT2D eigenvalue weighted by atomic mass is 9.97. The zero-order valence-corrected chi connectivity index (χ0v) is 15.1. The largest absolute Gasteiger partial charge is 0.497 e. The third-order valence-electron chi connectivity index (χ3n) is 4.85. The van der Waals surface area contributed by atoms with E-state index in [0.717, 1.165) is 53.7 Å². The fourth-order valence-electron chi connectivity index (χ4n) is 3.01. The number of ether oxygens (including phenoxy) is 1. The van der Waals surface area contributed by atoms with Gasteiger partial charge >= 0.3 is 0 Å². The molecule has 1 heterocycles. The summed E-state index contributed by atoms with van der Waals surface area (Å²) >= 11 is 0. The third-order valence-corrected chi connectivity index (χ3v) is 4.85. The molecule has 1 atom stereocenters. The molecule has 132 valence electrons. The van der Waals surface area contributed by atoms with Gasteiger partial charge in [-0.2, -0.15) is 5.10 Å².